The number of fused-ring (bicyclic) bond motifs is 1. The zero-order valence-corrected chi connectivity index (χ0v) is 8.66. The third-order valence-corrected chi connectivity index (χ3v) is 2.73. The smallest absolute Gasteiger partial charge is 0.173 e. The standard InChI is InChI=1S/C12H13NO/c1-7-4-10-11(5-8(7)2)13-6-9(3)12(10)14/h4-6,9H,1-3H3. The molecule has 14 heavy (non-hydrogen) atoms. The molecule has 0 aromatic heterocycles. The average molecular weight is 187 g/mol. The quantitative estimate of drug-likeness (QED) is 0.614. The predicted molar refractivity (Wildman–Crippen MR) is 57.6 cm³/mol. The molecule has 1 aromatic rings. The maximum absolute atomic E-state index is 11.8. The van der Waals surface area contributed by atoms with Crippen LogP contribution in [0, 0.1) is 19.8 Å². The van der Waals surface area contributed by atoms with E-state index >= 15 is 0 Å². The minimum atomic E-state index is -0.0791. The molecule has 72 valence electrons. The molecule has 1 aliphatic rings. The molecule has 1 aliphatic heterocycles. The summed E-state index contributed by atoms with van der Waals surface area (Å²) in [4.78, 5) is 16.1. The van der Waals surface area contributed by atoms with Gasteiger partial charge in [0.25, 0.3) is 0 Å². The lowest BCUT2D eigenvalue weighted by Gasteiger charge is -2.15. The number of rotatable bonds is 0. The van der Waals surface area contributed by atoms with Crippen LogP contribution >= 0.6 is 0 Å². The van der Waals surface area contributed by atoms with Crippen LogP contribution in [-0.4, -0.2) is 12.0 Å². The molecule has 0 amide bonds. The van der Waals surface area contributed by atoms with E-state index in [1.165, 1.54) is 5.56 Å². The van der Waals surface area contributed by atoms with Gasteiger partial charge in [0.05, 0.1) is 11.6 Å². The van der Waals surface area contributed by atoms with Crippen molar-refractivity contribution in [2.75, 3.05) is 0 Å². The Bertz CT molecular complexity index is 432. The number of carbonyl (C=O) groups excluding carboxylic acids is 1. The van der Waals surface area contributed by atoms with E-state index in [9.17, 15) is 4.79 Å². The number of hydrogen-bond acceptors (Lipinski definition) is 2. The maximum Gasteiger partial charge on any atom is 0.173 e. The molecule has 0 bridgehead atoms. The topological polar surface area (TPSA) is 29.4 Å². The second kappa shape index (κ2) is 3.05. The van der Waals surface area contributed by atoms with Crippen molar-refractivity contribution < 1.29 is 4.79 Å². The van der Waals surface area contributed by atoms with Crippen molar-refractivity contribution in [3.63, 3.8) is 0 Å². The van der Waals surface area contributed by atoms with Crippen molar-refractivity contribution in [3.05, 3.63) is 28.8 Å². The Hall–Kier alpha value is -1.44. The van der Waals surface area contributed by atoms with Gasteiger partial charge in [-0.1, -0.05) is 6.92 Å². The van der Waals surface area contributed by atoms with E-state index in [1.54, 1.807) is 6.21 Å². The van der Waals surface area contributed by atoms with Gasteiger partial charge in [0, 0.05) is 11.8 Å². The Morgan fingerprint density at radius 1 is 1.21 bits per heavy atom. The van der Waals surface area contributed by atoms with Crippen LogP contribution in [0.3, 0.4) is 0 Å². The normalized spacial score (nSPS) is 19.6. The summed E-state index contributed by atoms with van der Waals surface area (Å²) in [5.41, 5.74) is 3.92. The van der Waals surface area contributed by atoms with Gasteiger partial charge in [-0.2, -0.15) is 0 Å². The Balaban J connectivity index is 2.64. The monoisotopic (exact) mass is 187 g/mol. The molecule has 0 N–H and O–H groups in total. The van der Waals surface area contributed by atoms with Crippen LogP contribution in [0.1, 0.15) is 28.4 Å². The number of benzene rings is 1. The van der Waals surface area contributed by atoms with E-state index in [4.69, 9.17) is 0 Å². The first kappa shape index (κ1) is 9.13. The summed E-state index contributed by atoms with van der Waals surface area (Å²) in [6.07, 6.45) is 1.72. The average Bonchev–Trinajstić information content (AvgIpc) is 2.15. The summed E-state index contributed by atoms with van der Waals surface area (Å²) >= 11 is 0. The summed E-state index contributed by atoms with van der Waals surface area (Å²) in [7, 11) is 0. The first-order chi connectivity index (χ1) is 6.59. The van der Waals surface area contributed by atoms with Crippen molar-refractivity contribution in [3.8, 4) is 0 Å². The summed E-state index contributed by atoms with van der Waals surface area (Å²) in [5, 5.41) is 0. The second-order valence-corrected chi connectivity index (χ2v) is 3.88. The Morgan fingerprint density at radius 2 is 1.86 bits per heavy atom. The molecule has 1 heterocycles. The highest BCUT2D eigenvalue weighted by molar-refractivity contribution is 6.12. The third-order valence-electron chi connectivity index (χ3n) is 2.73. The maximum atomic E-state index is 11.8. The molecular formula is C12H13NO. The minimum Gasteiger partial charge on any atom is -0.293 e. The molecule has 2 heteroatoms. The minimum absolute atomic E-state index is 0.0791. The lowest BCUT2D eigenvalue weighted by Crippen LogP contribution is -2.16. The lowest BCUT2D eigenvalue weighted by atomic mass is 9.93. The molecule has 2 nitrogen and oxygen atoms in total. The molecular weight excluding hydrogens is 174 g/mol. The van der Waals surface area contributed by atoms with E-state index in [-0.39, 0.29) is 11.7 Å². The molecule has 1 unspecified atom stereocenters. The number of ketones is 1. The van der Waals surface area contributed by atoms with Gasteiger partial charge in [0.1, 0.15) is 0 Å². The van der Waals surface area contributed by atoms with Crippen molar-refractivity contribution in [1.82, 2.24) is 0 Å². The van der Waals surface area contributed by atoms with Gasteiger partial charge in [-0.25, -0.2) is 0 Å². The van der Waals surface area contributed by atoms with Crippen LogP contribution in [0.25, 0.3) is 0 Å². The molecule has 1 atom stereocenters. The van der Waals surface area contributed by atoms with Crippen molar-refractivity contribution in [2.24, 2.45) is 10.9 Å². The molecule has 0 saturated carbocycles. The van der Waals surface area contributed by atoms with Crippen LogP contribution in [0.2, 0.25) is 0 Å². The molecule has 0 saturated heterocycles. The number of nitrogens with zero attached hydrogens (tertiary/aromatic N) is 1. The van der Waals surface area contributed by atoms with Crippen LogP contribution in [-0.2, 0) is 0 Å². The molecule has 2 rings (SSSR count). The fourth-order valence-electron chi connectivity index (χ4n) is 1.61. The van der Waals surface area contributed by atoms with E-state index < -0.39 is 0 Å². The van der Waals surface area contributed by atoms with Gasteiger partial charge in [0.15, 0.2) is 5.78 Å². The number of aliphatic imine (C=N–C) groups is 1. The van der Waals surface area contributed by atoms with E-state index in [2.05, 4.69) is 4.99 Å². The van der Waals surface area contributed by atoms with Gasteiger partial charge >= 0.3 is 0 Å². The summed E-state index contributed by atoms with van der Waals surface area (Å²) < 4.78 is 0. The summed E-state index contributed by atoms with van der Waals surface area (Å²) in [6.45, 7) is 5.93. The van der Waals surface area contributed by atoms with Crippen LogP contribution in [0.5, 0.6) is 0 Å². The first-order valence-electron chi connectivity index (χ1n) is 4.79. The fraction of sp³-hybridized carbons (Fsp3) is 0.333. The molecule has 1 aromatic carbocycles. The molecule has 0 spiro atoms. The zero-order valence-electron chi connectivity index (χ0n) is 8.66. The highest BCUT2D eigenvalue weighted by atomic mass is 16.1. The second-order valence-electron chi connectivity index (χ2n) is 3.88. The van der Waals surface area contributed by atoms with E-state index in [1.807, 2.05) is 32.9 Å². The van der Waals surface area contributed by atoms with Crippen LogP contribution in [0.15, 0.2) is 17.1 Å². The Morgan fingerprint density at radius 3 is 2.57 bits per heavy atom. The van der Waals surface area contributed by atoms with Gasteiger partial charge in [0.2, 0.25) is 0 Å². The number of Topliss-reactive ketones (excluding diaryl/α,β-unsaturated/α-hetero) is 1. The number of carbonyl (C=O) groups is 1. The van der Waals surface area contributed by atoms with Gasteiger partial charge < -0.3 is 0 Å². The van der Waals surface area contributed by atoms with Gasteiger partial charge in [-0.05, 0) is 37.1 Å². The SMILES string of the molecule is Cc1cc2c(cc1C)C(=O)C(C)C=N2. The Labute approximate surface area is 83.7 Å². The van der Waals surface area contributed by atoms with Crippen molar-refractivity contribution in [2.45, 2.75) is 20.8 Å². The molecule has 0 aliphatic carbocycles. The number of aryl methyl sites for hydroxylation is 2. The van der Waals surface area contributed by atoms with E-state index in [0.717, 1.165) is 16.8 Å². The summed E-state index contributed by atoms with van der Waals surface area (Å²) in [6, 6.07) is 3.92. The summed E-state index contributed by atoms with van der Waals surface area (Å²) in [5.74, 6) is 0.0997. The Kier molecular flexibility index (Phi) is 1.99. The highest BCUT2D eigenvalue weighted by Gasteiger charge is 2.21. The van der Waals surface area contributed by atoms with Gasteiger partial charge in [-0.3, -0.25) is 9.79 Å². The first-order valence-corrected chi connectivity index (χ1v) is 4.79. The third kappa shape index (κ3) is 1.27. The lowest BCUT2D eigenvalue weighted by molar-refractivity contribution is 0.0962. The van der Waals surface area contributed by atoms with Gasteiger partial charge in [-0.15, -0.1) is 0 Å². The largest absolute Gasteiger partial charge is 0.293 e. The van der Waals surface area contributed by atoms with Crippen molar-refractivity contribution in [1.29, 1.82) is 0 Å². The molecule has 0 radical (unpaired) electrons. The van der Waals surface area contributed by atoms with Crippen LogP contribution in [0.4, 0.5) is 5.69 Å². The predicted octanol–water partition coefficient (Wildman–Crippen LogP) is 2.84. The van der Waals surface area contributed by atoms with Crippen molar-refractivity contribution >= 4 is 17.7 Å². The zero-order chi connectivity index (χ0) is 10.3. The molecule has 0 fully saturated rings. The highest BCUT2D eigenvalue weighted by Crippen LogP contribution is 2.28. The van der Waals surface area contributed by atoms with E-state index in [0.29, 0.717) is 0 Å². The van der Waals surface area contributed by atoms with Crippen LogP contribution < -0.4 is 0 Å². The fourth-order valence-corrected chi connectivity index (χ4v) is 1.61. The number of hydrogen-bond donors (Lipinski definition) is 0.